The molecular formula is C13H19BrFNO. The van der Waals surface area contributed by atoms with E-state index in [1.807, 2.05) is 6.07 Å². The summed E-state index contributed by atoms with van der Waals surface area (Å²) in [7, 11) is 1.69. The zero-order chi connectivity index (χ0) is 12.7. The first-order valence-electron chi connectivity index (χ1n) is 5.83. The van der Waals surface area contributed by atoms with Gasteiger partial charge in [0, 0.05) is 17.6 Å². The molecule has 96 valence electrons. The molecule has 1 N–H and O–H groups in total. The van der Waals surface area contributed by atoms with Gasteiger partial charge in [-0.05, 0) is 37.1 Å². The van der Waals surface area contributed by atoms with Crippen LogP contribution in [0, 0.1) is 5.82 Å². The molecule has 1 aromatic carbocycles. The molecule has 0 amide bonds. The number of benzene rings is 1. The van der Waals surface area contributed by atoms with Crippen molar-refractivity contribution in [2.24, 2.45) is 0 Å². The molecule has 0 radical (unpaired) electrons. The molecule has 0 saturated carbocycles. The first kappa shape index (κ1) is 14.6. The van der Waals surface area contributed by atoms with Gasteiger partial charge in [0.05, 0.1) is 6.61 Å². The van der Waals surface area contributed by atoms with Crippen molar-refractivity contribution >= 4 is 15.9 Å². The molecular weight excluding hydrogens is 285 g/mol. The van der Waals surface area contributed by atoms with E-state index in [1.165, 1.54) is 12.1 Å². The lowest BCUT2D eigenvalue weighted by Crippen LogP contribution is -2.35. The number of methoxy groups -OCH3 is 1. The minimum absolute atomic E-state index is 0.217. The molecule has 1 rings (SSSR count). The Balaban J connectivity index is 2.64. The van der Waals surface area contributed by atoms with Crippen molar-refractivity contribution in [1.82, 2.24) is 5.32 Å². The summed E-state index contributed by atoms with van der Waals surface area (Å²) in [5.74, 6) is -0.217. The number of hydrogen-bond donors (Lipinski definition) is 1. The van der Waals surface area contributed by atoms with Gasteiger partial charge in [0.15, 0.2) is 0 Å². The predicted molar refractivity (Wildman–Crippen MR) is 71.8 cm³/mol. The van der Waals surface area contributed by atoms with Crippen LogP contribution in [-0.2, 0) is 11.2 Å². The van der Waals surface area contributed by atoms with E-state index in [0.29, 0.717) is 6.61 Å². The van der Waals surface area contributed by atoms with E-state index in [9.17, 15) is 4.39 Å². The summed E-state index contributed by atoms with van der Waals surface area (Å²) in [6.07, 6.45) is 1.92. The first-order chi connectivity index (χ1) is 8.17. The normalized spacial score (nSPS) is 12.7. The van der Waals surface area contributed by atoms with Gasteiger partial charge in [-0.25, -0.2) is 4.39 Å². The predicted octanol–water partition coefficient (Wildman–Crippen LogP) is 3.15. The molecule has 0 saturated heterocycles. The van der Waals surface area contributed by atoms with Crippen LogP contribution in [0.15, 0.2) is 22.7 Å². The van der Waals surface area contributed by atoms with Gasteiger partial charge in [-0.3, -0.25) is 0 Å². The monoisotopic (exact) mass is 303 g/mol. The minimum Gasteiger partial charge on any atom is -0.383 e. The molecule has 0 aliphatic carbocycles. The van der Waals surface area contributed by atoms with Gasteiger partial charge in [-0.15, -0.1) is 0 Å². The molecule has 0 bridgehead atoms. The van der Waals surface area contributed by atoms with Crippen molar-refractivity contribution in [3.63, 3.8) is 0 Å². The molecule has 0 aliphatic heterocycles. The minimum atomic E-state index is -0.217. The van der Waals surface area contributed by atoms with Gasteiger partial charge in [-0.1, -0.05) is 28.9 Å². The number of rotatable bonds is 7. The number of ether oxygens (including phenoxy) is 1. The Bertz CT molecular complexity index is 346. The molecule has 0 aliphatic rings. The summed E-state index contributed by atoms with van der Waals surface area (Å²) in [6, 6.07) is 5.07. The van der Waals surface area contributed by atoms with Gasteiger partial charge in [0.25, 0.3) is 0 Å². The summed E-state index contributed by atoms with van der Waals surface area (Å²) in [6.45, 7) is 3.75. The van der Waals surface area contributed by atoms with E-state index < -0.39 is 0 Å². The summed E-state index contributed by atoms with van der Waals surface area (Å²) >= 11 is 3.39. The van der Waals surface area contributed by atoms with Gasteiger partial charge in [-0.2, -0.15) is 0 Å². The summed E-state index contributed by atoms with van der Waals surface area (Å²) < 4.78 is 19.0. The Morgan fingerprint density at radius 3 is 2.82 bits per heavy atom. The van der Waals surface area contributed by atoms with Crippen LogP contribution in [0.25, 0.3) is 0 Å². The smallest absolute Gasteiger partial charge is 0.124 e. The second-order valence-corrected chi connectivity index (χ2v) is 4.90. The number of hydrogen-bond acceptors (Lipinski definition) is 2. The quantitative estimate of drug-likeness (QED) is 0.835. The van der Waals surface area contributed by atoms with Crippen LogP contribution in [0.3, 0.4) is 0 Å². The molecule has 0 spiro atoms. The van der Waals surface area contributed by atoms with E-state index in [-0.39, 0.29) is 11.9 Å². The van der Waals surface area contributed by atoms with E-state index >= 15 is 0 Å². The Morgan fingerprint density at radius 2 is 2.24 bits per heavy atom. The first-order valence-corrected chi connectivity index (χ1v) is 6.63. The maximum Gasteiger partial charge on any atom is 0.124 e. The van der Waals surface area contributed by atoms with Crippen molar-refractivity contribution in [3.8, 4) is 0 Å². The molecule has 4 heteroatoms. The van der Waals surface area contributed by atoms with Crippen molar-refractivity contribution in [2.75, 3.05) is 20.3 Å². The van der Waals surface area contributed by atoms with Crippen molar-refractivity contribution in [2.45, 2.75) is 25.8 Å². The summed E-state index contributed by atoms with van der Waals surface area (Å²) in [5, 5.41) is 3.42. The van der Waals surface area contributed by atoms with Crippen molar-refractivity contribution in [1.29, 1.82) is 0 Å². The Hall–Kier alpha value is -0.450. The number of nitrogens with one attached hydrogen (secondary N) is 1. The maximum absolute atomic E-state index is 13.0. The third-order valence-electron chi connectivity index (χ3n) is 2.53. The zero-order valence-corrected chi connectivity index (χ0v) is 11.9. The van der Waals surface area contributed by atoms with Crippen LogP contribution in [0.4, 0.5) is 4.39 Å². The lowest BCUT2D eigenvalue weighted by molar-refractivity contribution is 0.166. The molecule has 0 fully saturated rings. The molecule has 1 atom stereocenters. The largest absolute Gasteiger partial charge is 0.383 e. The van der Waals surface area contributed by atoms with Gasteiger partial charge < -0.3 is 10.1 Å². The fourth-order valence-electron chi connectivity index (χ4n) is 1.69. The second-order valence-electron chi connectivity index (χ2n) is 4.05. The number of halogens is 2. The summed E-state index contributed by atoms with van der Waals surface area (Å²) in [4.78, 5) is 0. The fourth-order valence-corrected chi connectivity index (χ4v) is 2.21. The molecule has 0 heterocycles. The molecule has 0 aromatic heterocycles. The highest BCUT2D eigenvalue weighted by Gasteiger charge is 2.11. The Labute approximate surface area is 111 Å². The van der Waals surface area contributed by atoms with Gasteiger partial charge >= 0.3 is 0 Å². The fraction of sp³-hybridized carbons (Fsp3) is 0.538. The van der Waals surface area contributed by atoms with Crippen LogP contribution < -0.4 is 5.32 Å². The molecule has 2 nitrogen and oxygen atoms in total. The lowest BCUT2D eigenvalue weighted by atomic mass is 10.1. The molecule has 1 unspecified atom stereocenters. The Kier molecular flexibility index (Phi) is 6.70. The van der Waals surface area contributed by atoms with Gasteiger partial charge in [0.1, 0.15) is 5.82 Å². The van der Waals surface area contributed by atoms with Crippen LogP contribution >= 0.6 is 15.9 Å². The second kappa shape index (κ2) is 7.80. The van der Waals surface area contributed by atoms with Crippen LogP contribution in [0.1, 0.15) is 18.9 Å². The third kappa shape index (κ3) is 5.15. The SMILES string of the molecule is CCCNC(COC)Cc1ccc(F)cc1Br. The zero-order valence-electron chi connectivity index (χ0n) is 10.3. The molecule has 1 aromatic rings. The third-order valence-corrected chi connectivity index (χ3v) is 3.27. The van der Waals surface area contributed by atoms with E-state index in [2.05, 4.69) is 28.2 Å². The van der Waals surface area contributed by atoms with Gasteiger partial charge in [0.2, 0.25) is 0 Å². The average molecular weight is 304 g/mol. The van der Waals surface area contributed by atoms with Crippen LogP contribution in [0.2, 0.25) is 0 Å². The van der Waals surface area contributed by atoms with E-state index in [1.54, 1.807) is 7.11 Å². The highest BCUT2D eigenvalue weighted by atomic mass is 79.9. The van der Waals surface area contributed by atoms with E-state index in [0.717, 1.165) is 29.4 Å². The molecule has 17 heavy (non-hydrogen) atoms. The average Bonchev–Trinajstić information content (AvgIpc) is 2.29. The maximum atomic E-state index is 13.0. The standard InChI is InChI=1S/C13H19BrFNO/c1-3-6-16-12(9-17-2)7-10-4-5-11(15)8-13(10)14/h4-5,8,12,16H,3,6-7,9H2,1-2H3. The Morgan fingerprint density at radius 1 is 1.47 bits per heavy atom. The highest BCUT2D eigenvalue weighted by Crippen LogP contribution is 2.19. The topological polar surface area (TPSA) is 21.3 Å². The van der Waals surface area contributed by atoms with Crippen molar-refractivity contribution < 1.29 is 9.13 Å². The van der Waals surface area contributed by atoms with Crippen LogP contribution in [-0.4, -0.2) is 26.3 Å². The highest BCUT2D eigenvalue weighted by molar-refractivity contribution is 9.10. The lowest BCUT2D eigenvalue weighted by Gasteiger charge is -2.18. The van der Waals surface area contributed by atoms with E-state index in [4.69, 9.17) is 4.74 Å². The van der Waals surface area contributed by atoms with Crippen molar-refractivity contribution in [3.05, 3.63) is 34.1 Å². The van der Waals surface area contributed by atoms with Crippen LogP contribution in [0.5, 0.6) is 0 Å². The summed E-state index contributed by atoms with van der Waals surface area (Å²) in [5.41, 5.74) is 1.09.